The largest absolute Gasteiger partial charge is 0.487 e. The zero-order valence-electron chi connectivity index (χ0n) is 13.1. The number of hydrogen-bond donors (Lipinski definition) is 1. The maximum Gasteiger partial charge on any atom is 0.123 e. The van der Waals surface area contributed by atoms with E-state index in [9.17, 15) is 5.11 Å². The normalized spacial score (nSPS) is 17.2. The smallest absolute Gasteiger partial charge is 0.123 e. The Hall–Kier alpha value is -1.80. The highest BCUT2D eigenvalue weighted by Crippen LogP contribution is 2.37. The highest BCUT2D eigenvalue weighted by Gasteiger charge is 2.30. The van der Waals surface area contributed by atoms with Gasteiger partial charge >= 0.3 is 0 Å². The number of aryl methyl sites for hydroxylation is 1. The van der Waals surface area contributed by atoms with E-state index >= 15 is 0 Å². The monoisotopic (exact) mass is 282 g/mol. The molecule has 1 N–H and O–H groups in total. The summed E-state index contributed by atoms with van der Waals surface area (Å²) in [6.45, 7) is 8.32. The molecule has 0 radical (unpaired) electrons. The van der Waals surface area contributed by atoms with Gasteiger partial charge in [-0.2, -0.15) is 0 Å². The van der Waals surface area contributed by atoms with Crippen LogP contribution in [0.4, 0.5) is 0 Å². The molecule has 2 aromatic rings. The third-order valence-corrected chi connectivity index (χ3v) is 4.34. The fraction of sp³-hybridized carbons (Fsp3) is 0.368. The molecule has 0 aliphatic carbocycles. The molecule has 21 heavy (non-hydrogen) atoms. The van der Waals surface area contributed by atoms with Crippen molar-refractivity contribution in [3.63, 3.8) is 0 Å². The quantitative estimate of drug-likeness (QED) is 0.898. The fourth-order valence-electron chi connectivity index (χ4n) is 3.05. The van der Waals surface area contributed by atoms with Gasteiger partial charge in [0.05, 0.1) is 0 Å². The summed E-state index contributed by atoms with van der Waals surface area (Å²) >= 11 is 0. The second-order valence-electron chi connectivity index (χ2n) is 6.60. The lowest BCUT2D eigenvalue weighted by Gasteiger charge is -2.17. The van der Waals surface area contributed by atoms with E-state index in [1.54, 1.807) is 0 Å². The second-order valence-corrected chi connectivity index (χ2v) is 6.60. The molecular weight excluding hydrogens is 260 g/mol. The highest BCUT2D eigenvalue weighted by molar-refractivity contribution is 5.46. The van der Waals surface area contributed by atoms with E-state index < -0.39 is 6.10 Å². The van der Waals surface area contributed by atoms with Crippen molar-refractivity contribution in [3.8, 4) is 5.75 Å². The molecule has 1 heterocycles. The summed E-state index contributed by atoms with van der Waals surface area (Å²) in [5.41, 5.74) is 5.31. The zero-order valence-corrected chi connectivity index (χ0v) is 13.1. The van der Waals surface area contributed by atoms with Crippen molar-refractivity contribution in [1.82, 2.24) is 0 Å². The SMILES string of the molecule is Cc1cccc(C(O)c2ccc3c(c2)CC(C)(C)O3)c1C. The summed E-state index contributed by atoms with van der Waals surface area (Å²) in [7, 11) is 0. The van der Waals surface area contributed by atoms with Crippen LogP contribution in [0.3, 0.4) is 0 Å². The van der Waals surface area contributed by atoms with Crippen molar-refractivity contribution in [1.29, 1.82) is 0 Å². The molecule has 0 bridgehead atoms. The third-order valence-electron chi connectivity index (χ3n) is 4.34. The minimum atomic E-state index is -0.584. The van der Waals surface area contributed by atoms with Crippen molar-refractivity contribution in [2.24, 2.45) is 0 Å². The van der Waals surface area contributed by atoms with Gasteiger partial charge < -0.3 is 9.84 Å². The molecule has 2 heteroatoms. The lowest BCUT2D eigenvalue weighted by molar-refractivity contribution is 0.138. The average molecular weight is 282 g/mol. The number of ether oxygens (including phenoxy) is 1. The van der Waals surface area contributed by atoms with Crippen LogP contribution in [0.25, 0.3) is 0 Å². The van der Waals surface area contributed by atoms with Gasteiger partial charge in [-0.1, -0.05) is 24.3 Å². The van der Waals surface area contributed by atoms with Crippen molar-refractivity contribution in [2.45, 2.75) is 45.8 Å². The van der Waals surface area contributed by atoms with E-state index in [1.165, 1.54) is 11.1 Å². The molecule has 2 nitrogen and oxygen atoms in total. The van der Waals surface area contributed by atoms with Gasteiger partial charge in [0.2, 0.25) is 0 Å². The molecule has 1 unspecified atom stereocenters. The summed E-state index contributed by atoms with van der Waals surface area (Å²) in [5.74, 6) is 0.942. The molecular formula is C19H22O2. The number of aliphatic hydroxyl groups excluding tert-OH is 1. The van der Waals surface area contributed by atoms with Crippen LogP contribution in [0, 0.1) is 13.8 Å². The summed E-state index contributed by atoms with van der Waals surface area (Å²) in [6, 6.07) is 12.1. The molecule has 0 amide bonds. The second kappa shape index (κ2) is 4.88. The molecule has 1 aliphatic rings. The van der Waals surface area contributed by atoms with Gasteiger partial charge in [-0.3, -0.25) is 0 Å². The molecule has 0 saturated heterocycles. The van der Waals surface area contributed by atoms with Crippen molar-refractivity contribution < 1.29 is 9.84 Å². The van der Waals surface area contributed by atoms with Crippen LogP contribution in [-0.2, 0) is 6.42 Å². The maximum atomic E-state index is 10.7. The minimum absolute atomic E-state index is 0.148. The zero-order chi connectivity index (χ0) is 15.2. The molecule has 110 valence electrons. The molecule has 0 aromatic heterocycles. The Balaban J connectivity index is 1.97. The first-order valence-electron chi connectivity index (χ1n) is 7.43. The van der Waals surface area contributed by atoms with E-state index in [2.05, 4.69) is 39.8 Å². The molecule has 1 aliphatic heterocycles. The Morgan fingerprint density at radius 3 is 2.67 bits per heavy atom. The van der Waals surface area contributed by atoms with Crippen LogP contribution in [0.15, 0.2) is 36.4 Å². The third kappa shape index (κ3) is 2.56. The Bertz CT molecular complexity index is 686. The van der Waals surface area contributed by atoms with Crippen LogP contribution in [0.1, 0.15) is 47.8 Å². The van der Waals surface area contributed by atoms with Gasteiger partial charge in [-0.25, -0.2) is 0 Å². The van der Waals surface area contributed by atoms with Crippen LogP contribution in [0.5, 0.6) is 5.75 Å². The Kier molecular flexibility index (Phi) is 3.29. The summed E-state index contributed by atoms with van der Waals surface area (Å²) in [5, 5.41) is 10.7. The maximum absolute atomic E-state index is 10.7. The average Bonchev–Trinajstić information content (AvgIpc) is 2.73. The van der Waals surface area contributed by atoms with Crippen molar-refractivity contribution in [3.05, 3.63) is 64.2 Å². The lowest BCUT2D eigenvalue weighted by Crippen LogP contribution is -2.24. The van der Waals surface area contributed by atoms with Gasteiger partial charge in [-0.05, 0) is 67.6 Å². The number of fused-ring (bicyclic) bond motifs is 1. The first-order valence-corrected chi connectivity index (χ1v) is 7.43. The fourth-order valence-corrected chi connectivity index (χ4v) is 3.05. The van der Waals surface area contributed by atoms with E-state index in [1.807, 2.05) is 24.3 Å². The number of hydrogen-bond acceptors (Lipinski definition) is 2. The predicted octanol–water partition coefficient (Wildman–Crippen LogP) is 4.10. The van der Waals surface area contributed by atoms with E-state index in [0.717, 1.165) is 28.9 Å². The Labute approximate surface area is 126 Å². The van der Waals surface area contributed by atoms with Crippen LogP contribution < -0.4 is 4.74 Å². The molecule has 3 rings (SSSR count). The molecule has 2 aromatic carbocycles. The van der Waals surface area contributed by atoms with Gasteiger partial charge in [0.15, 0.2) is 0 Å². The first-order chi connectivity index (χ1) is 9.87. The standard InChI is InChI=1S/C19H22O2/c1-12-6-5-7-16(13(12)2)18(20)14-8-9-17-15(10-14)11-19(3,4)21-17/h5-10,18,20H,11H2,1-4H3. The van der Waals surface area contributed by atoms with E-state index in [4.69, 9.17) is 4.74 Å². The van der Waals surface area contributed by atoms with Gasteiger partial charge in [0.1, 0.15) is 17.5 Å². The van der Waals surface area contributed by atoms with Crippen LogP contribution in [0.2, 0.25) is 0 Å². The van der Waals surface area contributed by atoms with Crippen molar-refractivity contribution in [2.75, 3.05) is 0 Å². The Morgan fingerprint density at radius 2 is 1.90 bits per heavy atom. The van der Waals surface area contributed by atoms with Crippen LogP contribution in [-0.4, -0.2) is 10.7 Å². The minimum Gasteiger partial charge on any atom is -0.487 e. The molecule has 0 spiro atoms. The van der Waals surface area contributed by atoms with Gasteiger partial charge in [-0.15, -0.1) is 0 Å². The first kappa shape index (κ1) is 14.2. The molecule has 0 saturated carbocycles. The number of aliphatic hydroxyl groups is 1. The van der Waals surface area contributed by atoms with E-state index in [0.29, 0.717) is 0 Å². The van der Waals surface area contributed by atoms with Crippen molar-refractivity contribution >= 4 is 0 Å². The summed E-state index contributed by atoms with van der Waals surface area (Å²) in [4.78, 5) is 0. The topological polar surface area (TPSA) is 29.5 Å². The number of benzene rings is 2. The summed E-state index contributed by atoms with van der Waals surface area (Å²) < 4.78 is 5.90. The molecule has 0 fully saturated rings. The summed E-state index contributed by atoms with van der Waals surface area (Å²) in [6.07, 6.45) is 0.300. The lowest BCUT2D eigenvalue weighted by atomic mass is 9.93. The van der Waals surface area contributed by atoms with E-state index in [-0.39, 0.29) is 5.60 Å². The Morgan fingerprint density at radius 1 is 1.14 bits per heavy atom. The van der Waals surface area contributed by atoms with Crippen LogP contribution >= 0.6 is 0 Å². The van der Waals surface area contributed by atoms with Gasteiger partial charge in [0, 0.05) is 6.42 Å². The molecule has 1 atom stereocenters. The predicted molar refractivity (Wildman–Crippen MR) is 84.8 cm³/mol. The highest BCUT2D eigenvalue weighted by atomic mass is 16.5. The van der Waals surface area contributed by atoms with Gasteiger partial charge in [0.25, 0.3) is 0 Å². The number of rotatable bonds is 2.